The van der Waals surface area contributed by atoms with Gasteiger partial charge >= 0.3 is 0 Å². The average molecular weight is 275 g/mol. The van der Waals surface area contributed by atoms with E-state index in [1.807, 2.05) is 6.07 Å². The van der Waals surface area contributed by atoms with Gasteiger partial charge in [-0.15, -0.1) is 0 Å². The molecule has 1 aromatic rings. The number of nitrogens with zero attached hydrogens (tertiary/aromatic N) is 1. The highest BCUT2D eigenvalue weighted by atomic mass is 16.1. The molecular formula is C16H25N3O. The predicted octanol–water partition coefficient (Wildman–Crippen LogP) is 1.50. The van der Waals surface area contributed by atoms with Crippen LogP contribution in [-0.2, 0) is 11.3 Å². The highest BCUT2D eigenvalue weighted by Gasteiger charge is 2.29. The molecule has 1 saturated heterocycles. The minimum absolute atomic E-state index is 0.134. The fraction of sp³-hybridized carbons (Fsp3) is 0.562. The average Bonchev–Trinajstić information content (AvgIpc) is 2.77. The summed E-state index contributed by atoms with van der Waals surface area (Å²) in [6, 6.07) is 11.3. The van der Waals surface area contributed by atoms with Gasteiger partial charge in [0, 0.05) is 31.6 Å². The Hall–Kier alpha value is -1.39. The lowest BCUT2D eigenvalue weighted by Gasteiger charge is -2.20. The standard InChI is InChI=1S/C16H25N3O/c1-13-10-15(18-16(20)8-5-9-17)12-19(13)11-14-6-3-2-4-7-14/h2-4,6-7,13,15H,5,8-12,17H2,1H3,(H,18,20). The number of likely N-dealkylation sites (tertiary alicyclic amines) is 1. The number of nitrogens with two attached hydrogens (primary N) is 1. The Morgan fingerprint density at radius 1 is 1.40 bits per heavy atom. The van der Waals surface area contributed by atoms with Crippen molar-refractivity contribution in [2.45, 2.75) is 44.8 Å². The van der Waals surface area contributed by atoms with E-state index in [-0.39, 0.29) is 11.9 Å². The van der Waals surface area contributed by atoms with Crippen LogP contribution in [0.15, 0.2) is 30.3 Å². The Labute approximate surface area is 121 Å². The number of hydrogen-bond acceptors (Lipinski definition) is 3. The summed E-state index contributed by atoms with van der Waals surface area (Å²) in [4.78, 5) is 14.2. The van der Waals surface area contributed by atoms with Crippen LogP contribution in [0.2, 0.25) is 0 Å². The summed E-state index contributed by atoms with van der Waals surface area (Å²) in [5, 5.41) is 3.12. The van der Waals surface area contributed by atoms with Gasteiger partial charge in [-0.25, -0.2) is 0 Å². The van der Waals surface area contributed by atoms with Crippen LogP contribution >= 0.6 is 0 Å². The summed E-state index contributed by atoms with van der Waals surface area (Å²) in [5.41, 5.74) is 6.75. The van der Waals surface area contributed by atoms with Crippen molar-refractivity contribution >= 4 is 5.91 Å². The molecule has 1 amide bonds. The number of rotatable bonds is 6. The molecule has 0 bridgehead atoms. The molecule has 2 rings (SSSR count). The topological polar surface area (TPSA) is 58.4 Å². The Morgan fingerprint density at radius 2 is 2.15 bits per heavy atom. The maximum Gasteiger partial charge on any atom is 0.220 e. The van der Waals surface area contributed by atoms with Crippen molar-refractivity contribution in [3.8, 4) is 0 Å². The molecule has 110 valence electrons. The zero-order chi connectivity index (χ0) is 14.4. The third-order valence-corrected chi connectivity index (χ3v) is 3.91. The van der Waals surface area contributed by atoms with Gasteiger partial charge in [-0.2, -0.15) is 0 Å². The maximum absolute atomic E-state index is 11.7. The van der Waals surface area contributed by atoms with Crippen molar-refractivity contribution in [1.29, 1.82) is 0 Å². The van der Waals surface area contributed by atoms with E-state index in [0.29, 0.717) is 19.0 Å². The van der Waals surface area contributed by atoms with Gasteiger partial charge < -0.3 is 11.1 Å². The van der Waals surface area contributed by atoms with Crippen LogP contribution < -0.4 is 11.1 Å². The molecule has 0 radical (unpaired) electrons. The van der Waals surface area contributed by atoms with Crippen LogP contribution in [0.4, 0.5) is 0 Å². The van der Waals surface area contributed by atoms with Gasteiger partial charge in [-0.05, 0) is 31.9 Å². The lowest BCUT2D eigenvalue weighted by Crippen LogP contribution is -2.37. The maximum atomic E-state index is 11.7. The highest BCUT2D eigenvalue weighted by molar-refractivity contribution is 5.76. The van der Waals surface area contributed by atoms with Crippen LogP contribution in [0.3, 0.4) is 0 Å². The number of nitrogens with one attached hydrogen (secondary N) is 1. The SMILES string of the molecule is CC1CC(NC(=O)CCCN)CN1Cc1ccccc1. The van der Waals surface area contributed by atoms with Gasteiger partial charge in [-0.1, -0.05) is 30.3 Å². The predicted molar refractivity (Wildman–Crippen MR) is 81.2 cm³/mol. The molecular weight excluding hydrogens is 250 g/mol. The van der Waals surface area contributed by atoms with Gasteiger partial charge in [0.15, 0.2) is 0 Å². The van der Waals surface area contributed by atoms with Crippen molar-refractivity contribution < 1.29 is 4.79 Å². The summed E-state index contributed by atoms with van der Waals surface area (Å²) in [5.74, 6) is 0.134. The zero-order valence-electron chi connectivity index (χ0n) is 12.2. The molecule has 4 nitrogen and oxygen atoms in total. The molecule has 0 spiro atoms. The summed E-state index contributed by atoms with van der Waals surface area (Å²) in [7, 11) is 0. The molecule has 0 aliphatic carbocycles. The molecule has 1 heterocycles. The van der Waals surface area contributed by atoms with Crippen molar-refractivity contribution in [3.63, 3.8) is 0 Å². The first-order chi connectivity index (χ1) is 9.69. The molecule has 0 aromatic heterocycles. The molecule has 0 saturated carbocycles. The molecule has 1 aliphatic heterocycles. The zero-order valence-corrected chi connectivity index (χ0v) is 12.2. The lowest BCUT2D eigenvalue weighted by molar-refractivity contribution is -0.121. The highest BCUT2D eigenvalue weighted by Crippen LogP contribution is 2.20. The van der Waals surface area contributed by atoms with Gasteiger partial charge in [0.2, 0.25) is 5.91 Å². The van der Waals surface area contributed by atoms with E-state index >= 15 is 0 Å². The van der Waals surface area contributed by atoms with Crippen molar-refractivity contribution in [2.24, 2.45) is 5.73 Å². The third-order valence-electron chi connectivity index (χ3n) is 3.91. The first kappa shape index (κ1) is 15.0. The van der Waals surface area contributed by atoms with Crippen LogP contribution in [0, 0.1) is 0 Å². The number of benzene rings is 1. The largest absolute Gasteiger partial charge is 0.352 e. The van der Waals surface area contributed by atoms with E-state index in [2.05, 4.69) is 41.4 Å². The van der Waals surface area contributed by atoms with E-state index < -0.39 is 0 Å². The van der Waals surface area contributed by atoms with E-state index in [9.17, 15) is 4.79 Å². The molecule has 20 heavy (non-hydrogen) atoms. The van der Waals surface area contributed by atoms with Gasteiger partial charge in [0.05, 0.1) is 0 Å². The number of hydrogen-bond donors (Lipinski definition) is 2. The van der Waals surface area contributed by atoms with Gasteiger partial charge in [0.1, 0.15) is 0 Å². The molecule has 4 heteroatoms. The fourth-order valence-corrected chi connectivity index (χ4v) is 2.80. The van der Waals surface area contributed by atoms with Crippen LogP contribution in [0.5, 0.6) is 0 Å². The van der Waals surface area contributed by atoms with E-state index in [4.69, 9.17) is 5.73 Å². The number of carbonyl (C=O) groups is 1. The Balaban J connectivity index is 1.81. The van der Waals surface area contributed by atoms with Crippen LogP contribution in [0.1, 0.15) is 31.7 Å². The molecule has 1 fully saturated rings. The molecule has 2 atom stereocenters. The lowest BCUT2D eigenvalue weighted by atomic mass is 10.2. The molecule has 2 unspecified atom stereocenters. The second kappa shape index (κ2) is 7.41. The first-order valence-electron chi connectivity index (χ1n) is 7.46. The van der Waals surface area contributed by atoms with Crippen molar-refractivity contribution in [2.75, 3.05) is 13.1 Å². The molecule has 1 aromatic carbocycles. The molecule has 1 aliphatic rings. The fourth-order valence-electron chi connectivity index (χ4n) is 2.80. The van der Waals surface area contributed by atoms with Gasteiger partial charge in [0.25, 0.3) is 0 Å². The minimum Gasteiger partial charge on any atom is -0.352 e. The van der Waals surface area contributed by atoms with E-state index in [1.165, 1.54) is 5.56 Å². The normalized spacial score (nSPS) is 22.9. The van der Waals surface area contributed by atoms with Crippen LogP contribution in [0.25, 0.3) is 0 Å². The first-order valence-corrected chi connectivity index (χ1v) is 7.46. The third kappa shape index (κ3) is 4.32. The second-order valence-electron chi connectivity index (χ2n) is 5.66. The van der Waals surface area contributed by atoms with Gasteiger partial charge in [-0.3, -0.25) is 9.69 Å². The smallest absolute Gasteiger partial charge is 0.220 e. The Morgan fingerprint density at radius 3 is 2.85 bits per heavy atom. The van der Waals surface area contributed by atoms with Crippen molar-refractivity contribution in [3.05, 3.63) is 35.9 Å². The number of carbonyl (C=O) groups excluding carboxylic acids is 1. The quantitative estimate of drug-likeness (QED) is 0.827. The summed E-state index contributed by atoms with van der Waals surface area (Å²) < 4.78 is 0. The Kier molecular flexibility index (Phi) is 5.56. The minimum atomic E-state index is 0.134. The summed E-state index contributed by atoms with van der Waals surface area (Å²) >= 11 is 0. The number of amides is 1. The van der Waals surface area contributed by atoms with Crippen molar-refractivity contribution in [1.82, 2.24) is 10.2 Å². The summed E-state index contributed by atoms with van der Waals surface area (Å²) in [6.45, 7) is 4.70. The Bertz CT molecular complexity index is 421. The second-order valence-corrected chi connectivity index (χ2v) is 5.66. The summed E-state index contributed by atoms with van der Waals surface area (Å²) in [6.07, 6.45) is 2.34. The molecule has 3 N–H and O–H groups in total. The van der Waals surface area contributed by atoms with E-state index in [1.54, 1.807) is 0 Å². The monoisotopic (exact) mass is 275 g/mol. The van der Waals surface area contributed by atoms with Crippen LogP contribution in [-0.4, -0.2) is 36.0 Å². The van der Waals surface area contributed by atoms with E-state index in [0.717, 1.165) is 25.9 Å².